The van der Waals surface area contributed by atoms with Crippen LogP contribution in [0.5, 0.6) is 0 Å². The summed E-state index contributed by atoms with van der Waals surface area (Å²) in [7, 11) is 0. The lowest BCUT2D eigenvalue weighted by Crippen LogP contribution is -2.48. The van der Waals surface area contributed by atoms with Gasteiger partial charge in [0.15, 0.2) is 0 Å². The Kier molecular flexibility index (Phi) is 4.29. The maximum Gasteiger partial charge on any atom is 0.277 e. The maximum atomic E-state index is 12.5. The summed E-state index contributed by atoms with van der Waals surface area (Å²) in [5.74, 6) is 4.69. The summed E-state index contributed by atoms with van der Waals surface area (Å²) in [5.41, 5.74) is 0.146. The molecule has 0 spiro atoms. The minimum Gasteiger partial charge on any atom is -0.415 e. The molecule has 5 aliphatic rings. The second-order valence-corrected chi connectivity index (χ2v) is 10.4. The number of thioether (sulfide) groups is 1. The Morgan fingerprint density at radius 2 is 1.88 bits per heavy atom. The van der Waals surface area contributed by atoms with E-state index < -0.39 is 0 Å². The van der Waals surface area contributed by atoms with Crippen LogP contribution in [0.1, 0.15) is 64.2 Å². The number of likely N-dealkylation sites (tertiary alicyclic amines) is 1. The van der Waals surface area contributed by atoms with E-state index in [2.05, 4.69) is 17.1 Å². The summed E-state index contributed by atoms with van der Waals surface area (Å²) in [6.45, 7) is 4.01. The fourth-order valence-electron chi connectivity index (χ4n) is 6.49. The second-order valence-electron chi connectivity index (χ2n) is 9.45. The van der Waals surface area contributed by atoms with Gasteiger partial charge in [-0.15, -0.1) is 10.2 Å². The topological polar surface area (TPSA) is 59.2 Å². The predicted molar refractivity (Wildman–Crippen MR) is 99.9 cm³/mol. The normalized spacial score (nSPS) is 38.7. The molecule has 1 atom stereocenters. The van der Waals surface area contributed by atoms with Crippen LogP contribution in [0.4, 0.5) is 0 Å². The van der Waals surface area contributed by atoms with E-state index >= 15 is 0 Å². The Balaban J connectivity index is 1.23. The molecule has 2 heterocycles. The molecular weight excluding hydrogens is 346 g/mol. The molecule has 142 valence electrons. The molecule has 0 aromatic carbocycles. The Labute approximate surface area is 159 Å². The van der Waals surface area contributed by atoms with Gasteiger partial charge in [0.05, 0.1) is 5.75 Å². The predicted octanol–water partition coefficient (Wildman–Crippen LogP) is 3.89. The molecule has 4 bridgehead atoms. The third-order valence-corrected chi connectivity index (χ3v) is 8.03. The molecule has 1 aromatic heterocycles. The van der Waals surface area contributed by atoms with E-state index in [4.69, 9.17) is 4.42 Å². The molecule has 1 saturated heterocycles. The van der Waals surface area contributed by atoms with Gasteiger partial charge in [-0.3, -0.25) is 4.79 Å². The highest BCUT2D eigenvalue weighted by Crippen LogP contribution is 2.60. The van der Waals surface area contributed by atoms with Gasteiger partial charge in [0.1, 0.15) is 0 Å². The highest BCUT2D eigenvalue weighted by atomic mass is 32.2. The van der Waals surface area contributed by atoms with Crippen molar-refractivity contribution < 1.29 is 9.21 Å². The number of carbonyl (C=O) groups excluding carboxylic acids is 1. The lowest BCUT2D eigenvalue weighted by Gasteiger charge is -2.55. The number of aromatic nitrogens is 2. The average molecular weight is 376 g/mol. The van der Waals surface area contributed by atoms with Gasteiger partial charge < -0.3 is 9.32 Å². The molecule has 0 N–H and O–H groups in total. The molecule has 1 amide bonds. The van der Waals surface area contributed by atoms with Gasteiger partial charge in [0.25, 0.3) is 5.22 Å². The molecular formula is C20H29N3O2S. The molecule has 26 heavy (non-hydrogen) atoms. The smallest absolute Gasteiger partial charge is 0.277 e. The van der Waals surface area contributed by atoms with Crippen LogP contribution in [0.15, 0.2) is 9.64 Å². The number of piperidine rings is 1. The van der Waals surface area contributed by atoms with Crippen LogP contribution in [0, 0.1) is 23.7 Å². The number of carbonyl (C=O) groups is 1. The maximum absolute atomic E-state index is 12.5. The average Bonchev–Trinajstić information content (AvgIpc) is 3.08. The number of hydrogen-bond donors (Lipinski definition) is 0. The van der Waals surface area contributed by atoms with Crippen LogP contribution in [0.25, 0.3) is 0 Å². The van der Waals surface area contributed by atoms with Gasteiger partial charge in [0.2, 0.25) is 11.8 Å². The van der Waals surface area contributed by atoms with Crippen molar-refractivity contribution >= 4 is 17.7 Å². The van der Waals surface area contributed by atoms with Gasteiger partial charge >= 0.3 is 0 Å². The van der Waals surface area contributed by atoms with Gasteiger partial charge in [-0.2, -0.15) is 0 Å². The largest absolute Gasteiger partial charge is 0.415 e. The van der Waals surface area contributed by atoms with E-state index in [9.17, 15) is 4.79 Å². The Hall–Kier alpha value is -1.04. The lowest BCUT2D eigenvalue weighted by atomic mass is 9.49. The van der Waals surface area contributed by atoms with Crippen molar-refractivity contribution in [3.63, 3.8) is 0 Å². The molecule has 0 radical (unpaired) electrons. The van der Waals surface area contributed by atoms with Crippen molar-refractivity contribution in [1.82, 2.24) is 15.1 Å². The lowest BCUT2D eigenvalue weighted by molar-refractivity contribution is -0.130. The Bertz CT molecular complexity index is 653. The van der Waals surface area contributed by atoms with E-state index in [0.717, 1.165) is 43.2 Å². The number of rotatable bonds is 4. The molecule has 1 aromatic rings. The fraction of sp³-hybridized carbons (Fsp3) is 0.850. The number of hydrogen-bond acceptors (Lipinski definition) is 5. The summed E-state index contributed by atoms with van der Waals surface area (Å²) in [6, 6.07) is 0. The minimum atomic E-state index is 0.146. The molecule has 5 fully saturated rings. The Morgan fingerprint density at radius 3 is 2.54 bits per heavy atom. The zero-order chi connectivity index (χ0) is 17.7. The third-order valence-electron chi connectivity index (χ3n) is 7.23. The third kappa shape index (κ3) is 3.08. The van der Waals surface area contributed by atoms with Crippen LogP contribution in [0.2, 0.25) is 0 Å². The molecule has 4 aliphatic carbocycles. The van der Waals surface area contributed by atoms with Gasteiger partial charge in [0, 0.05) is 18.5 Å². The minimum absolute atomic E-state index is 0.146. The summed E-state index contributed by atoms with van der Waals surface area (Å²) in [6.07, 6.45) is 10.3. The zero-order valence-corrected chi connectivity index (χ0v) is 16.5. The molecule has 6 heteroatoms. The summed E-state index contributed by atoms with van der Waals surface area (Å²) in [5, 5.41) is 9.31. The van der Waals surface area contributed by atoms with Crippen molar-refractivity contribution in [2.75, 3.05) is 18.8 Å². The standard InChI is InChI=1S/C20H29N3O2S/c1-13-3-2-4-23(11-13)17(24)12-26-19-22-21-18(25-19)20-8-14-5-15(9-20)7-16(6-14)10-20/h13-16H,2-12H2,1H3/t13-,14?,15?,16?,20?/m1/s1. The monoisotopic (exact) mass is 375 g/mol. The van der Waals surface area contributed by atoms with Crippen molar-refractivity contribution in [3.8, 4) is 0 Å². The van der Waals surface area contributed by atoms with Crippen molar-refractivity contribution in [1.29, 1.82) is 0 Å². The summed E-state index contributed by atoms with van der Waals surface area (Å²) < 4.78 is 6.10. The molecule has 4 saturated carbocycles. The van der Waals surface area contributed by atoms with Gasteiger partial charge in [-0.25, -0.2) is 0 Å². The molecule has 0 unspecified atom stereocenters. The van der Waals surface area contributed by atoms with Crippen LogP contribution in [0.3, 0.4) is 0 Å². The fourth-order valence-corrected chi connectivity index (χ4v) is 7.15. The highest BCUT2D eigenvalue weighted by molar-refractivity contribution is 7.99. The number of nitrogens with zero attached hydrogens (tertiary/aromatic N) is 3. The van der Waals surface area contributed by atoms with Crippen LogP contribution in [-0.2, 0) is 10.2 Å². The Morgan fingerprint density at radius 1 is 1.19 bits per heavy atom. The first-order valence-electron chi connectivity index (χ1n) is 10.3. The molecule has 1 aliphatic heterocycles. The van der Waals surface area contributed by atoms with E-state index in [0.29, 0.717) is 16.9 Å². The highest BCUT2D eigenvalue weighted by Gasteiger charge is 2.54. The first-order valence-corrected chi connectivity index (χ1v) is 11.3. The van der Waals surface area contributed by atoms with Crippen molar-refractivity contribution in [3.05, 3.63) is 5.89 Å². The first kappa shape index (κ1) is 17.1. The van der Waals surface area contributed by atoms with Crippen molar-refractivity contribution in [2.24, 2.45) is 23.7 Å². The second kappa shape index (κ2) is 6.54. The van der Waals surface area contributed by atoms with Crippen LogP contribution < -0.4 is 0 Å². The molecule has 6 rings (SSSR count). The summed E-state index contributed by atoms with van der Waals surface area (Å²) in [4.78, 5) is 14.5. The van der Waals surface area contributed by atoms with Gasteiger partial charge in [-0.1, -0.05) is 18.7 Å². The van der Waals surface area contributed by atoms with E-state index in [-0.39, 0.29) is 11.3 Å². The van der Waals surface area contributed by atoms with E-state index in [1.54, 1.807) is 0 Å². The van der Waals surface area contributed by atoms with E-state index in [1.165, 1.54) is 56.7 Å². The number of amides is 1. The SMILES string of the molecule is C[C@@H]1CCCN(C(=O)CSc2nnc(C34CC5CC(CC(C5)C3)C4)o2)C1. The van der Waals surface area contributed by atoms with Crippen molar-refractivity contribution in [2.45, 2.75) is 68.9 Å². The summed E-state index contributed by atoms with van der Waals surface area (Å²) >= 11 is 1.42. The zero-order valence-electron chi connectivity index (χ0n) is 15.7. The first-order chi connectivity index (χ1) is 12.6. The molecule has 5 nitrogen and oxygen atoms in total. The van der Waals surface area contributed by atoms with Crippen LogP contribution in [-0.4, -0.2) is 39.8 Å². The van der Waals surface area contributed by atoms with Crippen LogP contribution >= 0.6 is 11.8 Å². The van der Waals surface area contributed by atoms with E-state index in [1.807, 2.05) is 4.90 Å². The van der Waals surface area contributed by atoms with Gasteiger partial charge in [-0.05, 0) is 75.0 Å². The quantitative estimate of drug-likeness (QED) is 0.747.